The molecule has 0 unspecified atom stereocenters. The van der Waals surface area contributed by atoms with Crippen LogP contribution in [0.25, 0.3) is 10.9 Å². The highest BCUT2D eigenvalue weighted by Crippen LogP contribution is 2.32. The number of halogens is 1. The molecule has 1 aromatic heterocycles. The number of H-pyrrole nitrogens is 1. The maximum atomic E-state index is 14.2. The monoisotopic (exact) mass is 366 g/mol. The molecule has 1 aliphatic rings. The van der Waals surface area contributed by atoms with E-state index in [1.54, 1.807) is 12.1 Å². The van der Waals surface area contributed by atoms with Crippen molar-refractivity contribution in [1.82, 2.24) is 10.2 Å². The van der Waals surface area contributed by atoms with E-state index in [0.29, 0.717) is 5.52 Å². The number of aryl methyl sites for hydroxylation is 2. The smallest absolute Gasteiger partial charge is 0.229 e. The molecule has 138 valence electrons. The minimum Gasteiger partial charge on any atom is -0.326 e. The Bertz CT molecular complexity index is 1060. The Morgan fingerprint density at radius 1 is 1.30 bits per heavy atom. The van der Waals surface area contributed by atoms with E-state index in [1.807, 2.05) is 32.0 Å². The second-order valence-corrected chi connectivity index (χ2v) is 6.92. The minimum absolute atomic E-state index is 0.0690. The summed E-state index contributed by atoms with van der Waals surface area (Å²) in [6, 6.07) is 10.4. The molecule has 1 aliphatic heterocycles. The maximum absolute atomic E-state index is 14.2. The molecule has 1 fully saturated rings. The van der Waals surface area contributed by atoms with E-state index in [2.05, 4.69) is 15.5 Å². The lowest BCUT2D eigenvalue weighted by atomic mass is 10.1. The van der Waals surface area contributed by atoms with Crippen LogP contribution >= 0.6 is 0 Å². The second-order valence-electron chi connectivity index (χ2n) is 6.92. The molecule has 1 atom stereocenters. The Labute approximate surface area is 155 Å². The molecule has 2 N–H and O–H groups in total. The van der Waals surface area contributed by atoms with Gasteiger partial charge in [0.25, 0.3) is 0 Å². The molecule has 6 nitrogen and oxygen atoms in total. The van der Waals surface area contributed by atoms with E-state index in [0.717, 1.165) is 16.8 Å². The lowest BCUT2D eigenvalue weighted by Gasteiger charge is -2.15. The molecule has 2 aromatic carbocycles. The van der Waals surface area contributed by atoms with Crippen LogP contribution in [0.5, 0.6) is 0 Å². The van der Waals surface area contributed by atoms with Gasteiger partial charge >= 0.3 is 0 Å². The van der Waals surface area contributed by atoms with Gasteiger partial charge in [-0.3, -0.25) is 19.6 Å². The van der Waals surface area contributed by atoms with E-state index in [4.69, 9.17) is 0 Å². The largest absolute Gasteiger partial charge is 0.326 e. The normalized spacial score (nSPS) is 16.9. The van der Waals surface area contributed by atoms with E-state index < -0.39 is 11.7 Å². The number of hydrogen-bond donors (Lipinski definition) is 2. The highest BCUT2D eigenvalue weighted by Gasteiger charge is 2.37. The number of amides is 2. The number of aromatic amines is 1. The lowest BCUT2D eigenvalue weighted by molar-refractivity contribution is -0.122. The standard InChI is InChI=1S/C20H19FN4O2/c1-11-6-7-15(12(2)8-11)22-20(27)13-9-17(26)25(10-13)19-18-14(21)4-3-5-16(18)23-24-19/h3-8,13H,9-10H2,1-2H3,(H,22,27)(H,23,24)/t13-/m1/s1. The van der Waals surface area contributed by atoms with Gasteiger partial charge in [-0.05, 0) is 37.6 Å². The van der Waals surface area contributed by atoms with Gasteiger partial charge in [-0.2, -0.15) is 5.10 Å². The van der Waals surface area contributed by atoms with Crippen molar-refractivity contribution in [2.24, 2.45) is 5.92 Å². The van der Waals surface area contributed by atoms with Crippen LogP contribution in [0.3, 0.4) is 0 Å². The number of benzene rings is 2. The number of carbonyl (C=O) groups is 2. The first-order valence-electron chi connectivity index (χ1n) is 8.75. The summed E-state index contributed by atoms with van der Waals surface area (Å²) in [6.45, 7) is 4.08. The summed E-state index contributed by atoms with van der Waals surface area (Å²) in [5.41, 5.74) is 3.32. The summed E-state index contributed by atoms with van der Waals surface area (Å²) in [7, 11) is 0. The quantitative estimate of drug-likeness (QED) is 0.746. The number of hydrogen-bond acceptors (Lipinski definition) is 3. The van der Waals surface area contributed by atoms with Gasteiger partial charge < -0.3 is 5.32 Å². The number of aromatic nitrogens is 2. The molecule has 0 radical (unpaired) electrons. The highest BCUT2D eigenvalue weighted by molar-refractivity contribution is 6.07. The van der Waals surface area contributed by atoms with Gasteiger partial charge in [0, 0.05) is 18.7 Å². The lowest BCUT2D eigenvalue weighted by Crippen LogP contribution is -2.28. The molecule has 1 saturated heterocycles. The molecular formula is C20H19FN4O2. The van der Waals surface area contributed by atoms with Crippen LogP contribution in [-0.4, -0.2) is 28.6 Å². The molecule has 4 rings (SSSR count). The molecule has 0 aliphatic carbocycles. The topological polar surface area (TPSA) is 78.1 Å². The molecule has 2 amide bonds. The molecular weight excluding hydrogens is 347 g/mol. The van der Waals surface area contributed by atoms with E-state index in [-0.39, 0.29) is 36.0 Å². The van der Waals surface area contributed by atoms with Crippen LogP contribution in [0.4, 0.5) is 15.9 Å². The Hall–Kier alpha value is -3.22. The van der Waals surface area contributed by atoms with Crippen LogP contribution in [0, 0.1) is 25.6 Å². The summed E-state index contributed by atoms with van der Waals surface area (Å²) in [5.74, 6) is -1.20. The van der Waals surface area contributed by atoms with Crippen LogP contribution in [-0.2, 0) is 9.59 Å². The number of anilines is 2. The SMILES string of the molecule is Cc1ccc(NC(=O)[C@@H]2CC(=O)N(c3n[nH]c4cccc(F)c34)C2)c(C)c1. The van der Waals surface area contributed by atoms with Crippen molar-refractivity contribution in [3.8, 4) is 0 Å². The van der Waals surface area contributed by atoms with Crippen molar-refractivity contribution in [3.05, 3.63) is 53.3 Å². The van der Waals surface area contributed by atoms with Gasteiger partial charge in [0.2, 0.25) is 11.8 Å². The highest BCUT2D eigenvalue weighted by atomic mass is 19.1. The first kappa shape index (κ1) is 17.2. The number of rotatable bonds is 3. The predicted octanol–water partition coefficient (Wildman–Crippen LogP) is 3.31. The number of nitrogens with zero attached hydrogens (tertiary/aromatic N) is 2. The van der Waals surface area contributed by atoms with Crippen molar-refractivity contribution in [1.29, 1.82) is 0 Å². The summed E-state index contributed by atoms with van der Waals surface area (Å²) < 4.78 is 14.2. The van der Waals surface area contributed by atoms with E-state index in [1.165, 1.54) is 11.0 Å². The maximum Gasteiger partial charge on any atom is 0.229 e. The predicted molar refractivity (Wildman–Crippen MR) is 101 cm³/mol. The van der Waals surface area contributed by atoms with Gasteiger partial charge in [-0.25, -0.2) is 4.39 Å². The molecule has 0 saturated carbocycles. The van der Waals surface area contributed by atoms with Crippen molar-refractivity contribution >= 4 is 34.2 Å². The Morgan fingerprint density at radius 3 is 2.89 bits per heavy atom. The first-order valence-corrected chi connectivity index (χ1v) is 8.75. The Morgan fingerprint density at radius 2 is 2.11 bits per heavy atom. The molecule has 3 aromatic rings. The fourth-order valence-corrected chi connectivity index (χ4v) is 3.49. The first-order chi connectivity index (χ1) is 12.9. The number of fused-ring (bicyclic) bond motifs is 1. The van der Waals surface area contributed by atoms with Crippen molar-refractivity contribution in [3.63, 3.8) is 0 Å². The average Bonchev–Trinajstić information content (AvgIpc) is 3.21. The van der Waals surface area contributed by atoms with Crippen molar-refractivity contribution in [2.45, 2.75) is 20.3 Å². The Kier molecular flexibility index (Phi) is 4.14. The minimum atomic E-state index is -0.517. The third-order valence-corrected chi connectivity index (χ3v) is 4.91. The zero-order valence-electron chi connectivity index (χ0n) is 15.0. The zero-order valence-corrected chi connectivity index (χ0v) is 15.0. The summed E-state index contributed by atoms with van der Waals surface area (Å²) in [5, 5.41) is 10.00. The van der Waals surface area contributed by atoms with Crippen molar-refractivity contribution < 1.29 is 14.0 Å². The molecule has 0 bridgehead atoms. The third kappa shape index (κ3) is 3.05. The average molecular weight is 366 g/mol. The summed E-state index contributed by atoms with van der Waals surface area (Å²) in [4.78, 5) is 26.5. The van der Waals surface area contributed by atoms with E-state index >= 15 is 0 Å². The van der Waals surface area contributed by atoms with Crippen molar-refractivity contribution in [2.75, 3.05) is 16.8 Å². The van der Waals surface area contributed by atoms with Crippen LogP contribution in [0.1, 0.15) is 17.5 Å². The number of carbonyl (C=O) groups excluding carboxylic acids is 2. The fourth-order valence-electron chi connectivity index (χ4n) is 3.49. The van der Waals surface area contributed by atoms with Crippen LogP contribution < -0.4 is 10.2 Å². The zero-order chi connectivity index (χ0) is 19.1. The summed E-state index contributed by atoms with van der Waals surface area (Å²) >= 11 is 0. The number of nitrogens with one attached hydrogen (secondary N) is 2. The van der Waals surface area contributed by atoms with Gasteiger partial charge in [0.05, 0.1) is 16.8 Å². The molecule has 0 spiro atoms. The molecule has 27 heavy (non-hydrogen) atoms. The van der Waals surface area contributed by atoms with Crippen LogP contribution in [0.2, 0.25) is 0 Å². The summed E-state index contributed by atoms with van der Waals surface area (Å²) in [6.07, 6.45) is 0.0690. The molecule has 7 heteroatoms. The van der Waals surface area contributed by atoms with E-state index in [9.17, 15) is 14.0 Å². The fraction of sp³-hybridized carbons (Fsp3) is 0.250. The third-order valence-electron chi connectivity index (χ3n) is 4.91. The molecule has 2 heterocycles. The van der Waals surface area contributed by atoms with Crippen LogP contribution in [0.15, 0.2) is 36.4 Å². The van der Waals surface area contributed by atoms with Gasteiger partial charge in [0.15, 0.2) is 5.82 Å². The van der Waals surface area contributed by atoms with Gasteiger partial charge in [-0.15, -0.1) is 0 Å². The van der Waals surface area contributed by atoms with Gasteiger partial charge in [0.1, 0.15) is 5.82 Å². The Balaban J connectivity index is 1.56. The second kappa shape index (κ2) is 6.50. The van der Waals surface area contributed by atoms with Gasteiger partial charge in [-0.1, -0.05) is 23.8 Å².